The molecule has 0 saturated heterocycles. The van der Waals surface area contributed by atoms with E-state index in [4.69, 9.17) is 16.2 Å². The standard InChI is InChI=1S/C14H15BrN4O3/c1-6-3-7(11(22-2)9(15)4-6)10-5-8(12(16)20)13(18-10)19-14(17)21/h3-5,18H,1-2H3,(H2,16,20)(H3,17,19,21). The molecular weight excluding hydrogens is 352 g/mol. The van der Waals surface area contributed by atoms with Gasteiger partial charge in [-0.1, -0.05) is 0 Å². The van der Waals surface area contributed by atoms with E-state index in [1.54, 1.807) is 7.11 Å². The molecule has 0 saturated carbocycles. The van der Waals surface area contributed by atoms with Crippen molar-refractivity contribution in [1.29, 1.82) is 0 Å². The molecule has 0 unspecified atom stereocenters. The summed E-state index contributed by atoms with van der Waals surface area (Å²) in [6, 6.07) is 4.53. The number of nitrogens with one attached hydrogen (secondary N) is 2. The average molecular weight is 367 g/mol. The molecule has 0 aliphatic rings. The number of aromatic amines is 1. The number of halogens is 1. The molecule has 0 radical (unpaired) electrons. The van der Waals surface area contributed by atoms with E-state index < -0.39 is 11.9 Å². The van der Waals surface area contributed by atoms with Crippen LogP contribution < -0.4 is 21.5 Å². The monoisotopic (exact) mass is 366 g/mol. The zero-order valence-electron chi connectivity index (χ0n) is 12.0. The molecule has 0 atom stereocenters. The number of methoxy groups -OCH3 is 1. The van der Waals surface area contributed by atoms with Crippen molar-refractivity contribution in [2.45, 2.75) is 6.92 Å². The SMILES string of the molecule is COc1c(Br)cc(C)cc1-c1cc(C(N)=O)c(NC(N)=O)[nH]1. The summed E-state index contributed by atoms with van der Waals surface area (Å²) in [5.74, 6) is 0.0557. The van der Waals surface area contributed by atoms with Crippen molar-refractivity contribution in [3.05, 3.63) is 33.8 Å². The number of ether oxygens (including phenoxy) is 1. The molecule has 116 valence electrons. The topological polar surface area (TPSA) is 123 Å². The van der Waals surface area contributed by atoms with Gasteiger partial charge in [0.1, 0.15) is 11.6 Å². The number of H-pyrrole nitrogens is 1. The number of rotatable bonds is 4. The van der Waals surface area contributed by atoms with E-state index in [0.717, 1.165) is 15.6 Å². The maximum atomic E-state index is 11.5. The van der Waals surface area contributed by atoms with Crippen LogP contribution in [-0.2, 0) is 0 Å². The summed E-state index contributed by atoms with van der Waals surface area (Å²) in [7, 11) is 1.54. The molecule has 1 aromatic heterocycles. The fraction of sp³-hybridized carbons (Fsp3) is 0.143. The molecule has 3 amide bonds. The summed E-state index contributed by atoms with van der Waals surface area (Å²) < 4.78 is 6.15. The Kier molecular flexibility index (Phi) is 4.41. The molecule has 1 heterocycles. The highest BCUT2D eigenvalue weighted by molar-refractivity contribution is 9.10. The predicted octanol–water partition coefficient (Wildman–Crippen LogP) is 2.35. The summed E-state index contributed by atoms with van der Waals surface area (Å²) >= 11 is 3.43. The number of hydrogen-bond acceptors (Lipinski definition) is 3. The van der Waals surface area contributed by atoms with Crippen LogP contribution in [0.3, 0.4) is 0 Å². The third kappa shape index (κ3) is 3.06. The van der Waals surface area contributed by atoms with Crippen molar-refractivity contribution in [3.63, 3.8) is 0 Å². The fourth-order valence-corrected chi connectivity index (χ4v) is 2.89. The molecule has 2 aromatic rings. The number of carbonyl (C=O) groups excluding carboxylic acids is 2. The van der Waals surface area contributed by atoms with E-state index in [2.05, 4.69) is 26.2 Å². The van der Waals surface area contributed by atoms with Crippen molar-refractivity contribution < 1.29 is 14.3 Å². The molecule has 0 bridgehead atoms. The molecular formula is C14H15BrN4O3. The number of urea groups is 1. The van der Waals surface area contributed by atoms with Crippen LogP contribution in [0.2, 0.25) is 0 Å². The molecule has 7 nitrogen and oxygen atoms in total. The maximum absolute atomic E-state index is 11.5. The Morgan fingerprint density at radius 2 is 1.95 bits per heavy atom. The molecule has 8 heteroatoms. The number of nitrogens with two attached hydrogens (primary N) is 2. The minimum Gasteiger partial charge on any atom is -0.495 e. The van der Waals surface area contributed by atoms with E-state index >= 15 is 0 Å². The molecule has 2 rings (SSSR count). The first-order valence-corrected chi connectivity index (χ1v) is 7.06. The van der Waals surface area contributed by atoms with Gasteiger partial charge in [-0.15, -0.1) is 0 Å². The van der Waals surface area contributed by atoms with E-state index in [1.165, 1.54) is 6.07 Å². The van der Waals surface area contributed by atoms with Crippen LogP contribution in [-0.4, -0.2) is 24.0 Å². The zero-order chi connectivity index (χ0) is 16.4. The summed E-state index contributed by atoms with van der Waals surface area (Å²) in [5, 5.41) is 2.34. The lowest BCUT2D eigenvalue weighted by atomic mass is 10.1. The number of benzene rings is 1. The van der Waals surface area contributed by atoms with Gasteiger partial charge in [-0.2, -0.15) is 0 Å². The quantitative estimate of drug-likeness (QED) is 0.663. The minimum atomic E-state index is -0.798. The van der Waals surface area contributed by atoms with Gasteiger partial charge in [0, 0.05) is 5.56 Å². The second-order valence-corrected chi connectivity index (χ2v) is 5.51. The Bertz CT molecular complexity index is 755. The van der Waals surface area contributed by atoms with Crippen LogP contribution in [0.25, 0.3) is 11.3 Å². The van der Waals surface area contributed by atoms with E-state index in [1.807, 2.05) is 19.1 Å². The van der Waals surface area contributed by atoms with Crippen molar-refractivity contribution in [1.82, 2.24) is 4.98 Å². The first kappa shape index (κ1) is 15.9. The van der Waals surface area contributed by atoms with E-state index in [9.17, 15) is 9.59 Å². The highest BCUT2D eigenvalue weighted by atomic mass is 79.9. The molecule has 0 aliphatic heterocycles. The van der Waals surface area contributed by atoms with Crippen LogP contribution in [0.4, 0.5) is 10.6 Å². The van der Waals surface area contributed by atoms with Crippen LogP contribution in [0, 0.1) is 6.92 Å². The van der Waals surface area contributed by atoms with Gasteiger partial charge in [0.05, 0.1) is 22.8 Å². The third-order valence-corrected chi connectivity index (χ3v) is 3.60. The van der Waals surface area contributed by atoms with E-state index in [0.29, 0.717) is 11.4 Å². The molecule has 0 spiro atoms. The highest BCUT2D eigenvalue weighted by Gasteiger charge is 2.18. The minimum absolute atomic E-state index is 0.133. The summed E-state index contributed by atoms with van der Waals surface area (Å²) in [4.78, 5) is 25.5. The number of amides is 3. The van der Waals surface area contributed by atoms with Crippen molar-refractivity contribution in [2.75, 3.05) is 12.4 Å². The molecule has 0 aliphatic carbocycles. The van der Waals surface area contributed by atoms with Crippen molar-refractivity contribution >= 4 is 33.7 Å². The summed E-state index contributed by atoms with van der Waals surface area (Å²) in [6.07, 6.45) is 0. The molecule has 1 aromatic carbocycles. The summed E-state index contributed by atoms with van der Waals surface area (Å²) in [5.41, 5.74) is 12.8. The highest BCUT2D eigenvalue weighted by Crippen LogP contribution is 2.38. The lowest BCUT2D eigenvalue weighted by Crippen LogP contribution is -2.22. The molecule has 0 fully saturated rings. The average Bonchev–Trinajstić information content (AvgIpc) is 2.81. The van der Waals surface area contributed by atoms with Crippen LogP contribution in [0.15, 0.2) is 22.7 Å². The van der Waals surface area contributed by atoms with Gasteiger partial charge in [-0.25, -0.2) is 4.79 Å². The number of aromatic nitrogens is 1. The Labute approximate surface area is 135 Å². The zero-order valence-corrected chi connectivity index (χ0v) is 13.6. The van der Waals surface area contributed by atoms with Gasteiger partial charge in [0.25, 0.3) is 5.91 Å². The Morgan fingerprint density at radius 1 is 1.27 bits per heavy atom. The maximum Gasteiger partial charge on any atom is 0.317 e. The molecule has 6 N–H and O–H groups in total. The number of aryl methyl sites for hydroxylation is 1. The molecule has 22 heavy (non-hydrogen) atoms. The largest absolute Gasteiger partial charge is 0.495 e. The van der Waals surface area contributed by atoms with Gasteiger partial charge in [-0.05, 0) is 46.6 Å². The van der Waals surface area contributed by atoms with Gasteiger partial charge < -0.3 is 21.2 Å². The van der Waals surface area contributed by atoms with Gasteiger partial charge in [0.2, 0.25) is 0 Å². The Balaban J connectivity index is 2.63. The van der Waals surface area contributed by atoms with Crippen molar-refractivity contribution in [3.8, 4) is 17.0 Å². The fourth-order valence-electron chi connectivity index (χ4n) is 2.15. The number of anilines is 1. The Morgan fingerprint density at radius 3 is 2.50 bits per heavy atom. The normalized spacial score (nSPS) is 10.3. The number of hydrogen-bond donors (Lipinski definition) is 4. The number of primary amides is 2. The van der Waals surface area contributed by atoms with Crippen LogP contribution in [0.5, 0.6) is 5.75 Å². The number of carbonyl (C=O) groups is 2. The van der Waals surface area contributed by atoms with Gasteiger partial charge in [0.15, 0.2) is 0 Å². The van der Waals surface area contributed by atoms with Gasteiger partial charge >= 0.3 is 6.03 Å². The first-order chi connectivity index (χ1) is 10.3. The van der Waals surface area contributed by atoms with Gasteiger partial charge in [-0.3, -0.25) is 10.1 Å². The van der Waals surface area contributed by atoms with Crippen LogP contribution >= 0.6 is 15.9 Å². The summed E-state index contributed by atoms with van der Waals surface area (Å²) in [6.45, 7) is 1.92. The second kappa shape index (κ2) is 6.10. The lowest BCUT2D eigenvalue weighted by molar-refractivity contribution is 0.100. The lowest BCUT2D eigenvalue weighted by Gasteiger charge is -2.10. The first-order valence-electron chi connectivity index (χ1n) is 6.27. The van der Waals surface area contributed by atoms with Crippen LogP contribution in [0.1, 0.15) is 15.9 Å². The van der Waals surface area contributed by atoms with Crippen molar-refractivity contribution in [2.24, 2.45) is 11.5 Å². The third-order valence-electron chi connectivity index (χ3n) is 3.01. The smallest absolute Gasteiger partial charge is 0.317 e. The Hall–Kier alpha value is -2.48. The van der Waals surface area contributed by atoms with E-state index in [-0.39, 0.29) is 11.4 Å². The second-order valence-electron chi connectivity index (χ2n) is 4.65. The predicted molar refractivity (Wildman–Crippen MR) is 86.9 cm³/mol.